The molecule has 2 heterocycles. The normalized spacial score (nSPS) is 18.3. The summed E-state index contributed by atoms with van der Waals surface area (Å²) < 4.78 is 11.3. The molecule has 3 N–H and O–H groups in total. The van der Waals surface area contributed by atoms with Gasteiger partial charge in [-0.15, -0.1) is 0 Å². The van der Waals surface area contributed by atoms with Crippen LogP contribution in [0.25, 0.3) is 11.0 Å². The number of amides is 1. The van der Waals surface area contributed by atoms with E-state index in [1.807, 2.05) is 19.1 Å². The lowest BCUT2D eigenvalue weighted by Crippen LogP contribution is -3.06. The first kappa shape index (κ1) is 22.3. The summed E-state index contributed by atoms with van der Waals surface area (Å²) in [6, 6.07) is 5.45. The predicted molar refractivity (Wildman–Crippen MR) is 118 cm³/mol. The molecule has 0 unspecified atom stereocenters. The van der Waals surface area contributed by atoms with Gasteiger partial charge in [-0.1, -0.05) is 13.3 Å². The molecule has 1 fully saturated rings. The van der Waals surface area contributed by atoms with Gasteiger partial charge in [-0.3, -0.25) is 4.79 Å². The molecule has 1 aromatic heterocycles. The van der Waals surface area contributed by atoms with E-state index in [0.717, 1.165) is 42.2 Å². The second kappa shape index (κ2) is 8.42. The van der Waals surface area contributed by atoms with E-state index in [4.69, 9.17) is 9.15 Å². The van der Waals surface area contributed by atoms with E-state index in [-0.39, 0.29) is 35.3 Å². The summed E-state index contributed by atoms with van der Waals surface area (Å²) in [5, 5.41) is 6.45. The van der Waals surface area contributed by atoms with Crippen LogP contribution >= 0.6 is 0 Å². The van der Waals surface area contributed by atoms with Gasteiger partial charge in [0, 0.05) is 35.9 Å². The average molecular weight is 416 g/mol. The Morgan fingerprint density at radius 3 is 2.53 bits per heavy atom. The van der Waals surface area contributed by atoms with Crippen LogP contribution in [0.4, 0.5) is 0 Å². The third kappa shape index (κ3) is 5.22. The van der Waals surface area contributed by atoms with Gasteiger partial charge >= 0.3 is 5.63 Å². The monoisotopic (exact) mass is 415 g/mol. The Balaban J connectivity index is 1.70. The van der Waals surface area contributed by atoms with Crippen LogP contribution in [0.5, 0.6) is 5.75 Å². The molecule has 6 heteroatoms. The fourth-order valence-electron chi connectivity index (χ4n) is 5.07. The Hall–Kier alpha value is -2.34. The zero-order valence-corrected chi connectivity index (χ0v) is 19.1. The highest BCUT2D eigenvalue weighted by Crippen LogP contribution is 2.29. The molecule has 0 saturated carbocycles. The van der Waals surface area contributed by atoms with Crippen molar-refractivity contribution in [2.24, 2.45) is 0 Å². The van der Waals surface area contributed by atoms with Crippen molar-refractivity contribution in [3.05, 3.63) is 39.7 Å². The van der Waals surface area contributed by atoms with Crippen LogP contribution in [0.2, 0.25) is 0 Å². The topological polar surface area (TPSA) is 85.1 Å². The molecule has 164 valence electrons. The van der Waals surface area contributed by atoms with Crippen molar-refractivity contribution >= 4 is 16.9 Å². The second-order valence-electron chi connectivity index (χ2n) is 9.99. The molecule has 1 aliphatic rings. The van der Waals surface area contributed by atoms with Crippen molar-refractivity contribution in [2.75, 3.05) is 6.61 Å². The van der Waals surface area contributed by atoms with Crippen LogP contribution in [-0.4, -0.2) is 29.6 Å². The summed E-state index contributed by atoms with van der Waals surface area (Å²) in [6.45, 7) is 12.7. The maximum Gasteiger partial charge on any atom is 0.336 e. The lowest BCUT2D eigenvalue weighted by Gasteiger charge is -2.43. The number of benzene rings is 1. The molecule has 1 aromatic carbocycles. The van der Waals surface area contributed by atoms with Crippen LogP contribution in [0.15, 0.2) is 27.4 Å². The van der Waals surface area contributed by atoms with E-state index < -0.39 is 0 Å². The second-order valence-corrected chi connectivity index (χ2v) is 9.99. The number of hydrogen-bond acceptors (Lipinski definition) is 4. The molecule has 1 saturated heterocycles. The molecule has 6 nitrogen and oxygen atoms in total. The first-order valence-corrected chi connectivity index (χ1v) is 10.9. The van der Waals surface area contributed by atoms with E-state index in [0.29, 0.717) is 11.3 Å². The van der Waals surface area contributed by atoms with E-state index in [1.54, 1.807) is 6.07 Å². The van der Waals surface area contributed by atoms with Crippen LogP contribution in [0.1, 0.15) is 65.0 Å². The minimum Gasteiger partial charge on any atom is -0.483 e. The van der Waals surface area contributed by atoms with E-state index >= 15 is 0 Å². The van der Waals surface area contributed by atoms with Crippen molar-refractivity contribution in [1.82, 2.24) is 5.32 Å². The van der Waals surface area contributed by atoms with Gasteiger partial charge < -0.3 is 19.8 Å². The van der Waals surface area contributed by atoms with Gasteiger partial charge in [-0.25, -0.2) is 4.79 Å². The molecular weight excluding hydrogens is 380 g/mol. The number of carbonyl (C=O) groups is 1. The number of rotatable bonds is 6. The molecule has 1 amide bonds. The number of carbonyl (C=O) groups excluding carboxylic acids is 1. The van der Waals surface area contributed by atoms with Gasteiger partial charge in [0.2, 0.25) is 0 Å². The number of hydrogen-bond donors (Lipinski definition) is 2. The highest BCUT2D eigenvalue weighted by Gasteiger charge is 2.42. The van der Waals surface area contributed by atoms with E-state index in [1.165, 1.54) is 0 Å². The smallest absolute Gasteiger partial charge is 0.336 e. The number of nitrogens with one attached hydrogen (secondary N) is 1. The molecule has 0 bridgehead atoms. The van der Waals surface area contributed by atoms with E-state index in [2.05, 4.69) is 45.3 Å². The maximum atomic E-state index is 12.6. The number of aryl methyl sites for hydroxylation is 2. The molecule has 0 radical (unpaired) electrons. The number of nitrogens with two attached hydrogens (primary N) is 1. The molecule has 0 atom stereocenters. The number of ether oxygens (including phenoxy) is 1. The molecule has 0 aliphatic carbocycles. The molecule has 30 heavy (non-hydrogen) atoms. The Morgan fingerprint density at radius 2 is 1.90 bits per heavy atom. The fourth-order valence-corrected chi connectivity index (χ4v) is 5.07. The van der Waals surface area contributed by atoms with Crippen molar-refractivity contribution in [1.29, 1.82) is 0 Å². The fraction of sp³-hybridized carbons (Fsp3) is 0.583. The zero-order valence-electron chi connectivity index (χ0n) is 19.1. The molecule has 1 aliphatic heterocycles. The SMILES string of the molecule is CCCc1cc(=O)oc2c(C)c(OCC(=O)NC3CC(C)(C)[NH2+]C(C)(C)C3)ccc12. The Bertz CT molecular complexity index is 975. The summed E-state index contributed by atoms with van der Waals surface area (Å²) in [5.74, 6) is 0.432. The number of fused-ring (bicyclic) bond motifs is 1. The van der Waals surface area contributed by atoms with Gasteiger partial charge in [-0.05, 0) is 58.7 Å². The Morgan fingerprint density at radius 1 is 1.23 bits per heavy atom. The van der Waals surface area contributed by atoms with Crippen molar-refractivity contribution in [3.8, 4) is 5.75 Å². The minimum atomic E-state index is -0.358. The molecule has 2 aromatic rings. The summed E-state index contributed by atoms with van der Waals surface area (Å²) in [5.41, 5.74) is 2.07. The van der Waals surface area contributed by atoms with Crippen molar-refractivity contribution in [2.45, 2.75) is 84.3 Å². The maximum absolute atomic E-state index is 12.6. The number of piperidine rings is 1. The Labute approximate surface area is 178 Å². The zero-order chi connectivity index (χ0) is 22.1. The predicted octanol–water partition coefficient (Wildman–Crippen LogP) is 2.83. The summed E-state index contributed by atoms with van der Waals surface area (Å²) >= 11 is 0. The Kier molecular flexibility index (Phi) is 6.27. The van der Waals surface area contributed by atoms with Crippen LogP contribution in [0.3, 0.4) is 0 Å². The van der Waals surface area contributed by atoms with Crippen molar-refractivity contribution < 1.29 is 19.3 Å². The minimum absolute atomic E-state index is 0.0632. The molecule has 3 rings (SSSR count). The quantitative estimate of drug-likeness (QED) is 0.711. The van der Waals surface area contributed by atoms with E-state index in [9.17, 15) is 9.59 Å². The largest absolute Gasteiger partial charge is 0.483 e. The molecular formula is C24H35N2O4+. The lowest BCUT2D eigenvalue weighted by atomic mass is 9.79. The average Bonchev–Trinajstić information content (AvgIpc) is 2.59. The third-order valence-corrected chi connectivity index (χ3v) is 5.77. The van der Waals surface area contributed by atoms with Crippen LogP contribution in [-0.2, 0) is 11.2 Å². The summed E-state index contributed by atoms with van der Waals surface area (Å²) in [4.78, 5) is 24.5. The van der Waals surface area contributed by atoms with Gasteiger partial charge in [0.15, 0.2) is 6.61 Å². The van der Waals surface area contributed by atoms with Gasteiger partial charge in [-0.2, -0.15) is 0 Å². The summed E-state index contributed by atoms with van der Waals surface area (Å²) in [7, 11) is 0. The lowest BCUT2D eigenvalue weighted by molar-refractivity contribution is -0.787. The van der Waals surface area contributed by atoms with Crippen LogP contribution < -0.4 is 21.0 Å². The van der Waals surface area contributed by atoms with Gasteiger partial charge in [0.25, 0.3) is 5.91 Å². The van der Waals surface area contributed by atoms with Crippen molar-refractivity contribution in [3.63, 3.8) is 0 Å². The highest BCUT2D eigenvalue weighted by molar-refractivity contribution is 5.85. The first-order valence-electron chi connectivity index (χ1n) is 10.9. The van der Waals surface area contributed by atoms with Crippen LogP contribution in [0, 0.1) is 6.92 Å². The van der Waals surface area contributed by atoms with Gasteiger partial charge in [0.1, 0.15) is 11.3 Å². The molecule has 0 spiro atoms. The summed E-state index contributed by atoms with van der Waals surface area (Å²) in [6.07, 6.45) is 3.60. The highest BCUT2D eigenvalue weighted by atomic mass is 16.5. The number of quaternary nitrogens is 1. The third-order valence-electron chi connectivity index (χ3n) is 5.77. The standard InChI is InChI=1S/C24H34N2O4/c1-7-8-16-11-21(28)30-22-15(2)19(10-9-18(16)22)29-14-20(27)25-17-12-23(3,4)26-24(5,6)13-17/h9-11,17,26H,7-8,12-14H2,1-6H3,(H,25,27)/p+1. The first-order chi connectivity index (χ1) is 14.0. The van der Waals surface area contributed by atoms with Gasteiger partial charge in [0.05, 0.1) is 11.1 Å².